The number of hydrogen-bond acceptors (Lipinski definition) is 5. The smallest absolute Gasteiger partial charge is 0.236 e. The Morgan fingerprint density at radius 1 is 1.36 bits per heavy atom. The number of carbonyl (C=O) groups is 1. The predicted molar refractivity (Wildman–Crippen MR) is 89.7 cm³/mol. The highest BCUT2D eigenvalue weighted by Crippen LogP contribution is 2.28. The van der Waals surface area contributed by atoms with Crippen LogP contribution in [0, 0.1) is 0 Å². The van der Waals surface area contributed by atoms with Gasteiger partial charge in [0.25, 0.3) is 0 Å². The molecule has 1 amide bonds. The Balaban J connectivity index is 1.93. The van der Waals surface area contributed by atoms with Gasteiger partial charge in [0.05, 0.1) is 18.3 Å². The summed E-state index contributed by atoms with van der Waals surface area (Å²) >= 11 is 1.63. The number of thiophene rings is 1. The zero-order chi connectivity index (χ0) is 16.3. The van der Waals surface area contributed by atoms with Crippen molar-refractivity contribution in [3.05, 3.63) is 22.4 Å². The fourth-order valence-electron chi connectivity index (χ4n) is 3.09. The second kappa shape index (κ2) is 7.10. The number of nitrogens with zero attached hydrogens (tertiary/aromatic N) is 2. The van der Waals surface area contributed by atoms with Crippen LogP contribution in [0.5, 0.6) is 0 Å². The molecule has 5 nitrogen and oxygen atoms in total. The molecule has 0 aliphatic heterocycles. The number of rotatable bonds is 6. The van der Waals surface area contributed by atoms with Crippen LogP contribution in [0.1, 0.15) is 24.1 Å². The van der Waals surface area contributed by atoms with Crippen LogP contribution in [-0.2, 0) is 21.2 Å². The van der Waals surface area contributed by atoms with E-state index < -0.39 is 9.84 Å². The maximum atomic E-state index is 12.3. The van der Waals surface area contributed by atoms with E-state index in [2.05, 4.69) is 0 Å². The van der Waals surface area contributed by atoms with Crippen LogP contribution >= 0.6 is 11.3 Å². The van der Waals surface area contributed by atoms with Gasteiger partial charge in [-0.15, -0.1) is 11.3 Å². The minimum atomic E-state index is -3.06. The summed E-state index contributed by atoms with van der Waals surface area (Å²) in [5, 5.41) is 1.66. The summed E-state index contributed by atoms with van der Waals surface area (Å²) in [5.74, 6) is 0.0232. The number of carbonyl (C=O) groups excluding carboxylic acids is 1. The van der Waals surface area contributed by atoms with Gasteiger partial charge in [-0.3, -0.25) is 9.69 Å². The van der Waals surface area contributed by atoms with Crippen LogP contribution in [0.15, 0.2) is 17.5 Å². The number of sulfone groups is 1. The average Bonchev–Trinajstić information content (AvgIpc) is 3.08. The van der Waals surface area contributed by atoms with Crippen LogP contribution in [0.3, 0.4) is 0 Å². The van der Waals surface area contributed by atoms with E-state index in [1.165, 1.54) is 6.26 Å². The van der Waals surface area contributed by atoms with Crippen LogP contribution < -0.4 is 0 Å². The highest BCUT2D eigenvalue weighted by atomic mass is 32.2. The molecule has 2 rings (SSSR count). The Kier molecular flexibility index (Phi) is 5.63. The van der Waals surface area contributed by atoms with Crippen molar-refractivity contribution in [1.82, 2.24) is 9.80 Å². The third-order valence-electron chi connectivity index (χ3n) is 4.32. The molecule has 1 aliphatic carbocycles. The molecule has 1 saturated carbocycles. The van der Waals surface area contributed by atoms with Crippen LogP contribution in [0.4, 0.5) is 0 Å². The van der Waals surface area contributed by atoms with Gasteiger partial charge >= 0.3 is 0 Å². The highest BCUT2D eigenvalue weighted by Gasteiger charge is 2.37. The number of amides is 1. The highest BCUT2D eigenvalue weighted by molar-refractivity contribution is 7.91. The standard InChI is InChI=1S/C15H24N2O3S2/c1-16(13-7-4-8-14(13)22(3,19)20)11-15(18)17(2)10-12-6-5-9-21-12/h5-6,9,13-14H,4,7-8,10-11H2,1-3H3/t13-,14+/m0/s1. The largest absolute Gasteiger partial charge is 0.340 e. The van der Waals surface area contributed by atoms with Gasteiger partial charge in [-0.1, -0.05) is 12.5 Å². The lowest BCUT2D eigenvalue weighted by molar-refractivity contribution is -0.131. The molecule has 1 fully saturated rings. The molecule has 0 bridgehead atoms. The summed E-state index contributed by atoms with van der Waals surface area (Å²) in [6.07, 6.45) is 3.75. The monoisotopic (exact) mass is 344 g/mol. The fraction of sp³-hybridized carbons (Fsp3) is 0.667. The molecule has 1 aliphatic rings. The molecule has 0 N–H and O–H groups in total. The predicted octanol–water partition coefficient (Wildman–Crippen LogP) is 1.60. The lowest BCUT2D eigenvalue weighted by atomic mass is 10.2. The van der Waals surface area contributed by atoms with E-state index in [0.717, 1.165) is 17.7 Å². The SMILES string of the molecule is CN(Cc1cccs1)C(=O)CN(C)[C@H]1CCC[C@H]1S(C)(=O)=O. The van der Waals surface area contributed by atoms with E-state index in [1.54, 1.807) is 23.3 Å². The van der Waals surface area contributed by atoms with Crippen LogP contribution in [0.2, 0.25) is 0 Å². The first-order valence-corrected chi connectivity index (χ1v) is 10.3. The van der Waals surface area contributed by atoms with E-state index in [0.29, 0.717) is 13.0 Å². The molecule has 0 saturated heterocycles. The lowest BCUT2D eigenvalue weighted by Crippen LogP contribution is -2.46. The van der Waals surface area contributed by atoms with E-state index >= 15 is 0 Å². The minimum Gasteiger partial charge on any atom is -0.340 e. The molecule has 1 aromatic heterocycles. The molecule has 0 unspecified atom stereocenters. The van der Waals surface area contributed by atoms with Crippen molar-refractivity contribution >= 4 is 27.1 Å². The van der Waals surface area contributed by atoms with Gasteiger partial charge in [0.2, 0.25) is 5.91 Å². The fourth-order valence-corrected chi connectivity index (χ4v) is 5.35. The first-order chi connectivity index (χ1) is 10.3. The van der Waals surface area contributed by atoms with E-state index in [4.69, 9.17) is 0 Å². The van der Waals surface area contributed by atoms with Crippen molar-refractivity contribution in [2.75, 3.05) is 26.9 Å². The van der Waals surface area contributed by atoms with Crippen molar-refractivity contribution in [2.24, 2.45) is 0 Å². The first-order valence-electron chi connectivity index (χ1n) is 7.44. The zero-order valence-electron chi connectivity index (χ0n) is 13.4. The summed E-state index contributed by atoms with van der Waals surface area (Å²) in [6, 6.07) is 3.93. The Labute approximate surface area is 136 Å². The molecular formula is C15H24N2O3S2. The molecule has 0 radical (unpaired) electrons. The van der Waals surface area contributed by atoms with Crippen molar-refractivity contribution in [3.63, 3.8) is 0 Å². The normalized spacial score (nSPS) is 22.2. The minimum absolute atomic E-state index is 0.0232. The maximum Gasteiger partial charge on any atom is 0.236 e. The van der Waals surface area contributed by atoms with Crippen molar-refractivity contribution in [3.8, 4) is 0 Å². The zero-order valence-corrected chi connectivity index (χ0v) is 15.0. The third-order valence-corrected chi connectivity index (χ3v) is 6.83. The van der Waals surface area contributed by atoms with Gasteiger partial charge in [0.1, 0.15) is 0 Å². The van der Waals surface area contributed by atoms with Crippen molar-refractivity contribution in [1.29, 1.82) is 0 Å². The van der Waals surface area contributed by atoms with Gasteiger partial charge in [-0.05, 0) is 31.3 Å². The summed E-state index contributed by atoms with van der Waals surface area (Å²) in [4.78, 5) is 17.1. The van der Waals surface area contributed by atoms with Crippen molar-refractivity contribution < 1.29 is 13.2 Å². The van der Waals surface area contributed by atoms with Crippen molar-refractivity contribution in [2.45, 2.75) is 37.1 Å². The van der Waals surface area contributed by atoms with E-state index in [9.17, 15) is 13.2 Å². The topological polar surface area (TPSA) is 57.7 Å². The van der Waals surface area contributed by atoms with E-state index in [1.807, 2.05) is 29.5 Å². The maximum absolute atomic E-state index is 12.3. The summed E-state index contributed by atoms with van der Waals surface area (Å²) in [5.41, 5.74) is 0. The molecular weight excluding hydrogens is 320 g/mol. The van der Waals surface area contributed by atoms with Crippen LogP contribution in [0.25, 0.3) is 0 Å². The molecule has 0 spiro atoms. The summed E-state index contributed by atoms with van der Waals surface area (Å²) in [7, 11) is 0.584. The molecule has 0 aromatic carbocycles. The first kappa shape index (κ1) is 17.4. The van der Waals surface area contributed by atoms with Gasteiger partial charge in [-0.2, -0.15) is 0 Å². The average molecular weight is 345 g/mol. The third kappa shape index (κ3) is 4.30. The number of likely N-dealkylation sites (N-methyl/N-ethyl adjacent to an activating group) is 2. The van der Waals surface area contributed by atoms with Gasteiger partial charge in [0, 0.05) is 24.2 Å². The molecule has 2 atom stereocenters. The quantitative estimate of drug-likeness (QED) is 0.787. The molecule has 22 heavy (non-hydrogen) atoms. The number of hydrogen-bond donors (Lipinski definition) is 0. The van der Waals surface area contributed by atoms with Crippen LogP contribution in [-0.4, -0.2) is 62.3 Å². The van der Waals surface area contributed by atoms with Gasteiger partial charge < -0.3 is 4.90 Å². The molecule has 7 heteroatoms. The van der Waals surface area contributed by atoms with Gasteiger partial charge in [0.15, 0.2) is 9.84 Å². The molecule has 1 aromatic rings. The molecule has 1 heterocycles. The second-order valence-electron chi connectivity index (χ2n) is 6.11. The van der Waals surface area contributed by atoms with Gasteiger partial charge in [-0.25, -0.2) is 8.42 Å². The van der Waals surface area contributed by atoms with E-state index in [-0.39, 0.29) is 23.7 Å². The summed E-state index contributed by atoms with van der Waals surface area (Å²) < 4.78 is 23.7. The Morgan fingerprint density at radius 3 is 2.68 bits per heavy atom. The Bertz CT molecular complexity index is 598. The Morgan fingerprint density at radius 2 is 2.09 bits per heavy atom. The lowest BCUT2D eigenvalue weighted by Gasteiger charge is -2.29. The second-order valence-corrected chi connectivity index (χ2v) is 9.41. The Hall–Kier alpha value is -0.920. The molecule has 124 valence electrons. The summed E-state index contributed by atoms with van der Waals surface area (Å²) in [6.45, 7) is 0.864.